The zero-order valence-corrected chi connectivity index (χ0v) is 25.2. The minimum Gasteiger partial charge on any atom is -0.456 e. The summed E-state index contributed by atoms with van der Waals surface area (Å²) in [6.45, 7) is 0. The van der Waals surface area contributed by atoms with Gasteiger partial charge in [-0.05, 0) is 75.6 Å². The Kier molecular flexibility index (Phi) is 6.15. The number of aromatic nitrogens is 3. The van der Waals surface area contributed by atoms with Crippen molar-refractivity contribution < 1.29 is 4.42 Å². The number of halogens is 1. The Hall–Kier alpha value is -5.84. The second-order valence-electron chi connectivity index (χ2n) is 11.4. The molecule has 2 heterocycles. The Bertz CT molecular complexity index is 2530. The highest BCUT2D eigenvalue weighted by Crippen LogP contribution is 2.37. The molecule has 0 aliphatic carbocycles. The van der Waals surface area contributed by atoms with Crippen LogP contribution in [0.3, 0.4) is 0 Å². The molecule has 0 atom stereocenters. The van der Waals surface area contributed by atoms with Gasteiger partial charge in [0.1, 0.15) is 11.2 Å². The van der Waals surface area contributed by atoms with Gasteiger partial charge in [0, 0.05) is 38.0 Å². The molecule has 5 heteroatoms. The van der Waals surface area contributed by atoms with Gasteiger partial charge in [-0.25, -0.2) is 15.0 Å². The van der Waals surface area contributed by atoms with E-state index in [-0.39, 0.29) is 0 Å². The average Bonchev–Trinajstić information content (AvgIpc) is 3.49. The van der Waals surface area contributed by atoms with E-state index in [2.05, 4.69) is 91.0 Å². The summed E-state index contributed by atoms with van der Waals surface area (Å²) >= 11 is 6.83. The zero-order chi connectivity index (χ0) is 30.6. The van der Waals surface area contributed by atoms with Crippen LogP contribution in [0.25, 0.3) is 88.8 Å². The van der Waals surface area contributed by atoms with Crippen molar-refractivity contribution in [1.82, 2.24) is 15.0 Å². The van der Waals surface area contributed by atoms with Crippen LogP contribution in [-0.4, -0.2) is 15.0 Å². The van der Waals surface area contributed by atoms with Gasteiger partial charge in [0.15, 0.2) is 17.5 Å². The first-order valence-corrected chi connectivity index (χ1v) is 15.5. The predicted octanol–water partition coefficient (Wildman–Crippen LogP) is 11.4. The molecule has 0 spiro atoms. The molecule has 46 heavy (non-hydrogen) atoms. The van der Waals surface area contributed by atoms with Crippen molar-refractivity contribution >= 4 is 55.1 Å². The first-order chi connectivity index (χ1) is 22.7. The molecule has 0 aliphatic heterocycles. The molecular formula is C41H24ClN3O. The van der Waals surface area contributed by atoms with Gasteiger partial charge in [0.2, 0.25) is 0 Å². The number of hydrogen-bond donors (Lipinski definition) is 0. The van der Waals surface area contributed by atoms with Crippen LogP contribution in [0, 0.1) is 0 Å². The fourth-order valence-corrected chi connectivity index (χ4v) is 6.43. The molecule has 0 aliphatic rings. The van der Waals surface area contributed by atoms with Gasteiger partial charge in [-0.2, -0.15) is 0 Å². The number of benzene rings is 7. The first-order valence-electron chi connectivity index (χ1n) is 15.1. The van der Waals surface area contributed by atoms with Crippen molar-refractivity contribution in [2.24, 2.45) is 0 Å². The molecule has 0 saturated carbocycles. The van der Waals surface area contributed by atoms with Gasteiger partial charge in [-0.3, -0.25) is 0 Å². The van der Waals surface area contributed by atoms with Crippen LogP contribution < -0.4 is 0 Å². The summed E-state index contributed by atoms with van der Waals surface area (Å²) in [5, 5.41) is 7.39. The molecule has 9 aromatic rings. The van der Waals surface area contributed by atoms with E-state index in [1.807, 2.05) is 54.6 Å². The van der Waals surface area contributed by atoms with E-state index in [0.29, 0.717) is 22.5 Å². The van der Waals surface area contributed by atoms with E-state index < -0.39 is 0 Å². The van der Waals surface area contributed by atoms with Crippen molar-refractivity contribution in [3.05, 3.63) is 151 Å². The summed E-state index contributed by atoms with van der Waals surface area (Å²) in [7, 11) is 0. The second kappa shape index (κ2) is 10.7. The van der Waals surface area contributed by atoms with Crippen LogP contribution in [0.1, 0.15) is 0 Å². The highest BCUT2D eigenvalue weighted by molar-refractivity contribution is 6.33. The lowest BCUT2D eigenvalue weighted by Gasteiger charge is -2.11. The standard InChI is InChI=1S/C41H24ClN3O/c42-36-20-18-32(23-35(36)29-17-19-34-33-11-5-6-12-37(33)46-38(34)24-29)41-44-39(30-15-13-25-7-1-3-9-27(25)21-30)43-40(45-41)31-16-14-26-8-2-4-10-28(26)22-31/h1-24H. The minimum absolute atomic E-state index is 0.573. The van der Waals surface area contributed by atoms with Gasteiger partial charge in [-0.1, -0.05) is 109 Å². The van der Waals surface area contributed by atoms with Crippen LogP contribution >= 0.6 is 11.6 Å². The van der Waals surface area contributed by atoms with Crippen LogP contribution in [0.15, 0.2) is 150 Å². The lowest BCUT2D eigenvalue weighted by Crippen LogP contribution is -2.00. The number of para-hydroxylation sites is 1. The lowest BCUT2D eigenvalue weighted by atomic mass is 10.0. The number of fused-ring (bicyclic) bond motifs is 5. The average molecular weight is 610 g/mol. The quantitative estimate of drug-likeness (QED) is 0.199. The number of hydrogen-bond acceptors (Lipinski definition) is 4. The summed E-state index contributed by atoms with van der Waals surface area (Å²) in [6.07, 6.45) is 0. The maximum Gasteiger partial charge on any atom is 0.164 e. The van der Waals surface area contributed by atoms with Gasteiger partial charge in [-0.15, -0.1) is 0 Å². The third-order valence-corrected chi connectivity index (χ3v) is 8.89. The minimum atomic E-state index is 0.573. The van der Waals surface area contributed by atoms with E-state index in [0.717, 1.165) is 60.5 Å². The third kappa shape index (κ3) is 4.59. The Morgan fingerprint density at radius 3 is 1.54 bits per heavy atom. The van der Waals surface area contributed by atoms with Gasteiger partial charge in [0.05, 0.1) is 0 Å². The number of rotatable bonds is 4. The Morgan fingerprint density at radius 1 is 0.391 bits per heavy atom. The van der Waals surface area contributed by atoms with E-state index in [1.165, 1.54) is 10.8 Å². The summed E-state index contributed by atoms with van der Waals surface area (Å²) in [5.41, 5.74) is 6.21. The molecular weight excluding hydrogens is 586 g/mol. The van der Waals surface area contributed by atoms with Crippen LogP contribution in [-0.2, 0) is 0 Å². The molecule has 7 aromatic carbocycles. The molecule has 0 saturated heterocycles. The van der Waals surface area contributed by atoms with E-state index >= 15 is 0 Å². The van der Waals surface area contributed by atoms with Gasteiger partial charge < -0.3 is 4.42 Å². The summed E-state index contributed by atoms with van der Waals surface area (Å²) in [4.78, 5) is 15.1. The van der Waals surface area contributed by atoms with Crippen molar-refractivity contribution in [1.29, 1.82) is 0 Å². The van der Waals surface area contributed by atoms with Crippen LogP contribution in [0.4, 0.5) is 0 Å². The molecule has 4 nitrogen and oxygen atoms in total. The van der Waals surface area contributed by atoms with Crippen molar-refractivity contribution in [3.63, 3.8) is 0 Å². The largest absolute Gasteiger partial charge is 0.456 e. The summed E-state index contributed by atoms with van der Waals surface area (Å²) in [6, 6.07) is 49.5. The van der Waals surface area contributed by atoms with E-state index in [4.69, 9.17) is 31.0 Å². The number of nitrogens with zero attached hydrogens (tertiary/aromatic N) is 3. The number of furan rings is 1. The van der Waals surface area contributed by atoms with Gasteiger partial charge >= 0.3 is 0 Å². The highest BCUT2D eigenvalue weighted by Gasteiger charge is 2.16. The molecule has 0 radical (unpaired) electrons. The molecule has 0 amide bonds. The van der Waals surface area contributed by atoms with Crippen LogP contribution in [0.5, 0.6) is 0 Å². The molecule has 2 aromatic heterocycles. The Balaban J connectivity index is 1.21. The molecule has 0 fully saturated rings. The normalized spacial score (nSPS) is 11.6. The Morgan fingerprint density at radius 2 is 0.891 bits per heavy atom. The SMILES string of the molecule is Clc1ccc(-c2nc(-c3ccc4ccccc4c3)nc(-c3ccc4ccccc4c3)n2)cc1-c1ccc2c(c1)oc1ccccc12. The van der Waals surface area contributed by atoms with E-state index in [9.17, 15) is 0 Å². The molecule has 0 bridgehead atoms. The van der Waals surface area contributed by atoms with Gasteiger partial charge in [0.25, 0.3) is 0 Å². The first kappa shape index (κ1) is 26.6. The topological polar surface area (TPSA) is 51.8 Å². The monoisotopic (exact) mass is 609 g/mol. The van der Waals surface area contributed by atoms with Crippen molar-refractivity contribution in [2.75, 3.05) is 0 Å². The lowest BCUT2D eigenvalue weighted by molar-refractivity contribution is 0.669. The fraction of sp³-hybridized carbons (Fsp3) is 0. The smallest absolute Gasteiger partial charge is 0.164 e. The highest BCUT2D eigenvalue weighted by atomic mass is 35.5. The van der Waals surface area contributed by atoms with Crippen molar-refractivity contribution in [3.8, 4) is 45.3 Å². The molecule has 0 unspecified atom stereocenters. The summed E-state index contributed by atoms with van der Waals surface area (Å²) < 4.78 is 6.18. The maximum atomic E-state index is 6.83. The predicted molar refractivity (Wildman–Crippen MR) is 189 cm³/mol. The zero-order valence-electron chi connectivity index (χ0n) is 24.5. The second-order valence-corrected chi connectivity index (χ2v) is 11.8. The fourth-order valence-electron chi connectivity index (χ4n) is 6.20. The third-order valence-electron chi connectivity index (χ3n) is 8.57. The molecule has 0 N–H and O–H groups in total. The summed E-state index contributed by atoms with van der Waals surface area (Å²) in [5.74, 6) is 1.79. The molecule has 9 rings (SSSR count). The maximum absolute atomic E-state index is 6.83. The van der Waals surface area contributed by atoms with Crippen molar-refractivity contribution in [2.45, 2.75) is 0 Å². The molecule has 216 valence electrons. The Labute approximate surface area is 269 Å². The van der Waals surface area contributed by atoms with E-state index in [1.54, 1.807) is 0 Å². The van der Waals surface area contributed by atoms with Crippen LogP contribution in [0.2, 0.25) is 5.02 Å².